The van der Waals surface area contributed by atoms with E-state index >= 15 is 4.39 Å². The van der Waals surface area contributed by atoms with Crippen molar-refractivity contribution in [1.29, 1.82) is 0 Å². The average Bonchev–Trinajstić information content (AvgIpc) is 3.55. The van der Waals surface area contributed by atoms with Gasteiger partial charge in [-0.1, -0.05) is 17.7 Å². The van der Waals surface area contributed by atoms with Gasteiger partial charge >= 0.3 is 6.18 Å². The Hall–Kier alpha value is -3.34. The molecule has 3 aromatic heterocycles. The van der Waals surface area contributed by atoms with Gasteiger partial charge in [0.15, 0.2) is 5.69 Å². The molecule has 0 unspecified atom stereocenters. The minimum Gasteiger partial charge on any atom is -0.352 e. The van der Waals surface area contributed by atoms with E-state index in [0.717, 1.165) is 37.2 Å². The molecular weight excluding hydrogens is 522 g/mol. The summed E-state index contributed by atoms with van der Waals surface area (Å²) in [7, 11) is 0. The first-order chi connectivity index (χ1) is 17.9. The van der Waals surface area contributed by atoms with Gasteiger partial charge in [-0.2, -0.15) is 23.4 Å². The SMILES string of the molecule is CC(C)n1cc(C(F)(F)F)nc1-c1ccc(CN2CCCn3nc(-c4c(Cl)cnn4C(C)C)cc32)cc1F. The van der Waals surface area contributed by atoms with Gasteiger partial charge in [0.25, 0.3) is 0 Å². The third-order valence-corrected chi connectivity index (χ3v) is 6.87. The molecule has 0 radical (unpaired) electrons. The first-order valence-electron chi connectivity index (χ1n) is 12.4. The summed E-state index contributed by atoms with van der Waals surface area (Å²) in [4.78, 5) is 5.83. The van der Waals surface area contributed by atoms with Crippen LogP contribution < -0.4 is 4.90 Å². The lowest BCUT2D eigenvalue weighted by molar-refractivity contribution is -0.140. The summed E-state index contributed by atoms with van der Waals surface area (Å²) in [6.45, 7) is 9.39. The number of halogens is 5. The fraction of sp³-hybridized carbons (Fsp3) is 0.423. The van der Waals surface area contributed by atoms with E-state index in [1.54, 1.807) is 26.1 Å². The van der Waals surface area contributed by atoms with Crippen LogP contribution in [0, 0.1) is 5.82 Å². The molecule has 12 heteroatoms. The van der Waals surface area contributed by atoms with Gasteiger partial charge < -0.3 is 9.47 Å². The van der Waals surface area contributed by atoms with E-state index in [1.807, 2.05) is 29.3 Å². The van der Waals surface area contributed by atoms with E-state index in [4.69, 9.17) is 16.7 Å². The molecule has 0 bridgehead atoms. The van der Waals surface area contributed by atoms with Gasteiger partial charge in [0.1, 0.15) is 28.8 Å². The van der Waals surface area contributed by atoms with Crippen molar-refractivity contribution in [2.45, 2.75) is 65.5 Å². The molecule has 5 rings (SSSR count). The number of anilines is 1. The standard InChI is InChI=1S/C26H28ClF4N7/c1-15(2)36-14-22(26(29,30)31)33-25(36)18-7-6-17(10-20(18)28)13-35-8-5-9-37-23(35)11-21(34-37)24-19(27)12-32-38(24)16(3)4/h6-7,10-12,14-16H,5,8-9,13H2,1-4H3. The third-order valence-electron chi connectivity index (χ3n) is 6.59. The first kappa shape index (κ1) is 26.3. The predicted octanol–water partition coefficient (Wildman–Crippen LogP) is 6.99. The summed E-state index contributed by atoms with van der Waals surface area (Å²) in [5.74, 6) is 0.215. The van der Waals surface area contributed by atoms with E-state index in [-0.39, 0.29) is 23.5 Å². The average molecular weight is 550 g/mol. The number of nitrogens with zero attached hydrogens (tertiary/aromatic N) is 7. The summed E-state index contributed by atoms with van der Waals surface area (Å²) in [5, 5.41) is 9.65. The van der Waals surface area contributed by atoms with Crippen molar-refractivity contribution in [3.8, 4) is 22.8 Å². The van der Waals surface area contributed by atoms with Gasteiger partial charge in [-0.25, -0.2) is 14.1 Å². The van der Waals surface area contributed by atoms with E-state index in [1.165, 1.54) is 16.7 Å². The zero-order valence-electron chi connectivity index (χ0n) is 21.5. The minimum absolute atomic E-state index is 0.0283. The smallest absolute Gasteiger partial charge is 0.352 e. The van der Waals surface area contributed by atoms with Crippen LogP contribution in [0.25, 0.3) is 22.8 Å². The molecule has 0 saturated carbocycles. The number of hydrogen-bond donors (Lipinski definition) is 0. The molecular formula is C26H28ClF4N7. The highest BCUT2D eigenvalue weighted by atomic mass is 35.5. The molecule has 0 saturated heterocycles. The Morgan fingerprint density at radius 3 is 2.47 bits per heavy atom. The Balaban J connectivity index is 1.44. The lowest BCUT2D eigenvalue weighted by Gasteiger charge is -2.29. The number of aryl methyl sites for hydroxylation is 1. The minimum atomic E-state index is -4.61. The molecule has 7 nitrogen and oxygen atoms in total. The Labute approximate surface area is 222 Å². The molecule has 0 atom stereocenters. The topological polar surface area (TPSA) is 56.7 Å². The summed E-state index contributed by atoms with van der Waals surface area (Å²) in [6.07, 6.45) is -1.22. The predicted molar refractivity (Wildman–Crippen MR) is 138 cm³/mol. The lowest BCUT2D eigenvalue weighted by Crippen LogP contribution is -2.31. The van der Waals surface area contributed by atoms with Crippen molar-refractivity contribution in [2.24, 2.45) is 0 Å². The molecule has 202 valence electrons. The third kappa shape index (κ3) is 4.79. The van der Waals surface area contributed by atoms with Crippen molar-refractivity contribution in [3.63, 3.8) is 0 Å². The number of aromatic nitrogens is 6. The second kappa shape index (κ2) is 9.76. The van der Waals surface area contributed by atoms with Crippen molar-refractivity contribution in [3.05, 3.63) is 58.8 Å². The van der Waals surface area contributed by atoms with Crippen LogP contribution in [0.4, 0.5) is 23.4 Å². The van der Waals surface area contributed by atoms with Crippen LogP contribution >= 0.6 is 11.6 Å². The van der Waals surface area contributed by atoms with Gasteiger partial charge in [-0.05, 0) is 51.8 Å². The zero-order chi connectivity index (χ0) is 27.4. The quantitative estimate of drug-likeness (QED) is 0.243. The van der Waals surface area contributed by atoms with Crippen molar-refractivity contribution in [2.75, 3.05) is 11.4 Å². The first-order valence-corrected chi connectivity index (χ1v) is 12.8. The monoisotopic (exact) mass is 549 g/mol. The van der Waals surface area contributed by atoms with Crippen LogP contribution in [0.5, 0.6) is 0 Å². The fourth-order valence-electron chi connectivity index (χ4n) is 4.78. The molecule has 38 heavy (non-hydrogen) atoms. The highest BCUT2D eigenvalue weighted by Gasteiger charge is 2.35. The highest BCUT2D eigenvalue weighted by Crippen LogP contribution is 2.35. The maximum Gasteiger partial charge on any atom is 0.434 e. The van der Waals surface area contributed by atoms with Crippen LogP contribution in [-0.4, -0.2) is 35.7 Å². The summed E-state index contributed by atoms with van der Waals surface area (Å²) in [5.41, 5.74) is 1.14. The Morgan fingerprint density at radius 2 is 1.82 bits per heavy atom. The summed E-state index contributed by atoms with van der Waals surface area (Å²) >= 11 is 6.44. The number of fused-ring (bicyclic) bond motifs is 1. The van der Waals surface area contributed by atoms with Gasteiger partial charge in [-0.15, -0.1) is 0 Å². The molecule has 0 N–H and O–H groups in total. The van der Waals surface area contributed by atoms with Crippen molar-refractivity contribution < 1.29 is 17.6 Å². The largest absolute Gasteiger partial charge is 0.434 e. The number of hydrogen-bond acceptors (Lipinski definition) is 4. The van der Waals surface area contributed by atoms with Crippen LogP contribution in [-0.2, 0) is 19.3 Å². The number of rotatable bonds is 6. The van der Waals surface area contributed by atoms with Gasteiger partial charge in [0, 0.05) is 44.0 Å². The van der Waals surface area contributed by atoms with E-state index in [9.17, 15) is 13.2 Å². The van der Waals surface area contributed by atoms with Gasteiger partial charge in [0.2, 0.25) is 0 Å². The van der Waals surface area contributed by atoms with Crippen LogP contribution in [0.3, 0.4) is 0 Å². The molecule has 1 aliphatic rings. The molecule has 4 heterocycles. The van der Waals surface area contributed by atoms with Crippen LogP contribution in [0.2, 0.25) is 5.02 Å². The Kier molecular flexibility index (Phi) is 6.75. The van der Waals surface area contributed by atoms with E-state index < -0.39 is 17.7 Å². The Morgan fingerprint density at radius 1 is 1.05 bits per heavy atom. The van der Waals surface area contributed by atoms with Gasteiger partial charge in [0.05, 0.1) is 16.8 Å². The van der Waals surface area contributed by atoms with Crippen molar-refractivity contribution in [1.82, 2.24) is 29.1 Å². The number of imidazole rings is 1. The second-order valence-electron chi connectivity index (χ2n) is 10.0. The molecule has 0 aliphatic carbocycles. The maximum absolute atomic E-state index is 15.3. The van der Waals surface area contributed by atoms with Crippen LogP contribution in [0.15, 0.2) is 36.7 Å². The summed E-state index contributed by atoms with van der Waals surface area (Å²) < 4.78 is 60.2. The van der Waals surface area contributed by atoms with Crippen molar-refractivity contribution >= 4 is 17.4 Å². The maximum atomic E-state index is 15.3. The van der Waals surface area contributed by atoms with Gasteiger partial charge in [-0.3, -0.25) is 4.68 Å². The molecule has 0 amide bonds. The normalized spacial score (nSPS) is 14.1. The molecule has 4 aromatic rings. The summed E-state index contributed by atoms with van der Waals surface area (Å²) in [6, 6.07) is 6.33. The molecule has 0 fully saturated rings. The molecule has 0 spiro atoms. The van der Waals surface area contributed by atoms with Crippen LogP contribution in [0.1, 0.15) is 57.5 Å². The zero-order valence-corrected chi connectivity index (χ0v) is 22.2. The number of alkyl halides is 3. The van der Waals surface area contributed by atoms with E-state index in [2.05, 4.69) is 15.0 Å². The van der Waals surface area contributed by atoms with E-state index in [0.29, 0.717) is 22.8 Å². The Bertz CT molecular complexity index is 1460. The lowest BCUT2D eigenvalue weighted by atomic mass is 10.1. The second-order valence-corrected chi connectivity index (χ2v) is 10.4. The fourth-order valence-corrected chi connectivity index (χ4v) is 5.01. The molecule has 1 aromatic carbocycles. The highest BCUT2D eigenvalue weighted by molar-refractivity contribution is 6.32. The number of benzene rings is 1. The molecule has 1 aliphatic heterocycles.